The maximum absolute atomic E-state index is 12.9. The van der Waals surface area contributed by atoms with E-state index in [9.17, 15) is 19.2 Å². The van der Waals surface area contributed by atoms with Crippen molar-refractivity contribution in [3.05, 3.63) is 60.4 Å². The number of carbonyl (C=O) groups excluding carboxylic acids is 4. The van der Waals surface area contributed by atoms with E-state index in [2.05, 4.69) is 5.32 Å². The number of benzene rings is 2. The molecule has 37 heavy (non-hydrogen) atoms. The molecule has 0 bridgehead atoms. The Morgan fingerprint density at radius 2 is 1.68 bits per heavy atom. The Labute approximate surface area is 213 Å². The second-order valence-electron chi connectivity index (χ2n) is 8.28. The highest BCUT2D eigenvalue weighted by Gasteiger charge is 2.60. The first-order chi connectivity index (χ1) is 17.9. The van der Waals surface area contributed by atoms with Crippen LogP contribution in [0.1, 0.15) is 37.2 Å². The normalized spacial score (nSPS) is 14.4. The molecular weight excluding hydrogens is 480 g/mol. The second-order valence-corrected chi connectivity index (χ2v) is 8.28. The van der Waals surface area contributed by atoms with Crippen LogP contribution in [0.4, 0.5) is 5.69 Å². The van der Waals surface area contributed by atoms with Crippen LogP contribution in [-0.4, -0.2) is 55.7 Å². The Balaban J connectivity index is 1.39. The van der Waals surface area contributed by atoms with Gasteiger partial charge < -0.3 is 23.9 Å². The number of ether oxygens (including phenoxy) is 3. The van der Waals surface area contributed by atoms with Gasteiger partial charge in [-0.3, -0.25) is 14.5 Å². The summed E-state index contributed by atoms with van der Waals surface area (Å²) >= 11 is 0. The number of anilines is 1. The highest BCUT2D eigenvalue weighted by atomic mass is 16.6. The third kappa shape index (κ3) is 5.13. The summed E-state index contributed by atoms with van der Waals surface area (Å²) in [4.78, 5) is 52.0. The number of hydrogen-bond donors (Lipinski definition) is 1. The van der Waals surface area contributed by atoms with Crippen molar-refractivity contribution in [2.45, 2.75) is 32.2 Å². The van der Waals surface area contributed by atoms with Gasteiger partial charge in [-0.1, -0.05) is 18.2 Å². The Hall–Kier alpha value is -4.34. The largest absolute Gasteiger partial charge is 0.492 e. The lowest BCUT2D eigenvalue weighted by atomic mass is 9.95. The Morgan fingerprint density at radius 1 is 1.00 bits per heavy atom. The molecular formula is C27H28N2O8. The van der Waals surface area contributed by atoms with E-state index in [1.54, 1.807) is 50.2 Å². The van der Waals surface area contributed by atoms with Gasteiger partial charge in [0.2, 0.25) is 11.4 Å². The van der Waals surface area contributed by atoms with E-state index >= 15 is 0 Å². The van der Waals surface area contributed by atoms with Crippen LogP contribution in [0.15, 0.2) is 59.0 Å². The molecule has 0 aliphatic carbocycles. The molecule has 0 unspecified atom stereocenters. The monoisotopic (exact) mass is 508 g/mol. The van der Waals surface area contributed by atoms with Crippen molar-refractivity contribution in [3.8, 4) is 5.75 Å². The second kappa shape index (κ2) is 11.2. The molecule has 1 fully saturated rings. The van der Waals surface area contributed by atoms with Crippen LogP contribution in [0.3, 0.4) is 0 Å². The van der Waals surface area contributed by atoms with Crippen LogP contribution in [-0.2, 0) is 23.9 Å². The molecule has 194 valence electrons. The standard InChI is InChI=1S/C27H28N2O8/c1-3-34-25(32)27(26(33)35-4-2)14-13-23(30)29(27)19-9-11-20(12-10-19)36-16-15-28-24(31)22-17-18-7-5-6-8-21(18)37-22/h5-12,17H,3-4,13-16H2,1-2H3,(H,28,31). The van der Waals surface area contributed by atoms with Crippen LogP contribution in [0.5, 0.6) is 5.75 Å². The summed E-state index contributed by atoms with van der Waals surface area (Å²) in [5.41, 5.74) is -0.892. The molecule has 1 aliphatic heterocycles. The minimum Gasteiger partial charge on any atom is -0.492 e. The summed E-state index contributed by atoms with van der Waals surface area (Å²) in [6.07, 6.45) is -0.0342. The van der Waals surface area contributed by atoms with Gasteiger partial charge in [0, 0.05) is 23.9 Å². The van der Waals surface area contributed by atoms with Crippen molar-refractivity contribution in [1.29, 1.82) is 0 Å². The zero-order valence-electron chi connectivity index (χ0n) is 20.7. The van der Waals surface area contributed by atoms with Crippen molar-refractivity contribution in [2.75, 3.05) is 31.3 Å². The number of esters is 2. The number of nitrogens with zero attached hydrogens (tertiary/aromatic N) is 1. The molecule has 0 spiro atoms. The molecule has 0 saturated carbocycles. The van der Waals surface area contributed by atoms with Gasteiger partial charge in [0.05, 0.1) is 19.8 Å². The zero-order valence-corrected chi connectivity index (χ0v) is 20.7. The van der Waals surface area contributed by atoms with Crippen LogP contribution in [0.25, 0.3) is 11.0 Å². The first-order valence-electron chi connectivity index (χ1n) is 12.1. The van der Waals surface area contributed by atoms with Gasteiger partial charge in [0.25, 0.3) is 5.91 Å². The van der Waals surface area contributed by atoms with Crippen molar-refractivity contribution in [1.82, 2.24) is 5.32 Å². The number of fused-ring (bicyclic) bond motifs is 1. The smallest absolute Gasteiger partial charge is 0.344 e. The maximum atomic E-state index is 12.9. The molecule has 0 radical (unpaired) electrons. The quantitative estimate of drug-likeness (QED) is 0.251. The minimum absolute atomic E-state index is 0.000802. The van der Waals surface area contributed by atoms with Crippen LogP contribution in [0, 0.1) is 0 Å². The van der Waals surface area contributed by atoms with E-state index in [0.717, 1.165) is 10.3 Å². The topological polar surface area (TPSA) is 124 Å². The third-order valence-corrected chi connectivity index (χ3v) is 5.96. The molecule has 10 heteroatoms. The molecule has 0 atom stereocenters. The summed E-state index contributed by atoms with van der Waals surface area (Å²) in [7, 11) is 0. The van der Waals surface area contributed by atoms with E-state index in [1.165, 1.54) is 0 Å². The number of furan rings is 1. The summed E-state index contributed by atoms with van der Waals surface area (Å²) in [6.45, 7) is 3.79. The molecule has 2 amide bonds. The van der Waals surface area contributed by atoms with Crippen LogP contribution in [0.2, 0.25) is 0 Å². The molecule has 10 nitrogen and oxygen atoms in total. The fraction of sp³-hybridized carbons (Fsp3) is 0.333. The van der Waals surface area contributed by atoms with Gasteiger partial charge >= 0.3 is 11.9 Å². The number of para-hydroxylation sites is 1. The number of nitrogens with one attached hydrogen (secondary N) is 1. The van der Waals surface area contributed by atoms with Gasteiger partial charge in [-0.05, 0) is 50.2 Å². The molecule has 2 heterocycles. The first-order valence-corrected chi connectivity index (χ1v) is 12.1. The van der Waals surface area contributed by atoms with Crippen molar-refractivity contribution >= 4 is 40.4 Å². The van der Waals surface area contributed by atoms with E-state index in [4.69, 9.17) is 18.6 Å². The van der Waals surface area contributed by atoms with E-state index in [-0.39, 0.29) is 56.8 Å². The van der Waals surface area contributed by atoms with E-state index < -0.39 is 17.5 Å². The fourth-order valence-corrected chi connectivity index (χ4v) is 4.27. The molecule has 1 aliphatic rings. The van der Waals surface area contributed by atoms with Gasteiger partial charge in [0.1, 0.15) is 17.9 Å². The van der Waals surface area contributed by atoms with Crippen LogP contribution >= 0.6 is 0 Å². The first kappa shape index (κ1) is 25.7. The number of amides is 2. The maximum Gasteiger partial charge on any atom is 0.344 e. The summed E-state index contributed by atoms with van der Waals surface area (Å²) in [5.74, 6) is -1.68. The molecule has 1 N–H and O–H groups in total. The lowest BCUT2D eigenvalue weighted by Crippen LogP contribution is -2.59. The Bertz CT molecular complexity index is 1250. The Morgan fingerprint density at radius 3 is 2.32 bits per heavy atom. The van der Waals surface area contributed by atoms with Gasteiger partial charge in [0.15, 0.2) is 5.76 Å². The van der Waals surface area contributed by atoms with Crippen molar-refractivity contribution < 1.29 is 37.8 Å². The fourth-order valence-electron chi connectivity index (χ4n) is 4.27. The van der Waals surface area contributed by atoms with Crippen molar-refractivity contribution in [3.63, 3.8) is 0 Å². The zero-order chi connectivity index (χ0) is 26.4. The highest BCUT2D eigenvalue weighted by molar-refractivity contribution is 6.18. The number of hydrogen-bond acceptors (Lipinski definition) is 8. The summed E-state index contributed by atoms with van der Waals surface area (Å²) in [6, 6.07) is 15.4. The van der Waals surface area contributed by atoms with Crippen molar-refractivity contribution in [2.24, 2.45) is 0 Å². The highest BCUT2D eigenvalue weighted by Crippen LogP contribution is 2.38. The minimum atomic E-state index is -1.87. The predicted octanol–water partition coefficient (Wildman–Crippen LogP) is 3.23. The molecule has 1 saturated heterocycles. The lowest BCUT2D eigenvalue weighted by Gasteiger charge is -2.33. The summed E-state index contributed by atoms with van der Waals surface area (Å²) < 4.78 is 21.5. The molecule has 2 aromatic carbocycles. The molecule has 1 aromatic heterocycles. The molecule has 3 aromatic rings. The number of carbonyl (C=O) groups is 4. The molecule has 4 rings (SSSR count). The van der Waals surface area contributed by atoms with Crippen LogP contribution < -0.4 is 15.0 Å². The van der Waals surface area contributed by atoms with E-state index in [0.29, 0.717) is 17.0 Å². The average molecular weight is 509 g/mol. The third-order valence-electron chi connectivity index (χ3n) is 5.96. The Kier molecular flexibility index (Phi) is 7.76. The van der Waals surface area contributed by atoms with E-state index in [1.807, 2.05) is 18.2 Å². The van der Waals surface area contributed by atoms with Gasteiger partial charge in [-0.25, -0.2) is 9.59 Å². The van der Waals surface area contributed by atoms with Gasteiger partial charge in [-0.2, -0.15) is 0 Å². The SMILES string of the molecule is CCOC(=O)C1(C(=O)OCC)CCC(=O)N1c1ccc(OCCNC(=O)c2cc3ccccc3o2)cc1. The number of rotatable bonds is 10. The lowest BCUT2D eigenvalue weighted by molar-refractivity contribution is -0.164. The predicted molar refractivity (Wildman–Crippen MR) is 133 cm³/mol. The van der Waals surface area contributed by atoms with Gasteiger partial charge in [-0.15, -0.1) is 0 Å². The summed E-state index contributed by atoms with van der Waals surface area (Å²) in [5, 5.41) is 3.58. The average Bonchev–Trinajstić information content (AvgIpc) is 3.49.